The van der Waals surface area contributed by atoms with Crippen molar-refractivity contribution < 1.29 is 31.1 Å². The SMILES string of the molecule is CC(=O)c1c[n+](Cc2ccccc2)ccc1CC1CCc2cc(C)c(C)cc2C1=O.[Br-]. The van der Waals surface area contributed by atoms with E-state index < -0.39 is 0 Å². The number of carbonyl (C=O) groups is 2. The first kappa shape index (κ1) is 23.1. The van der Waals surface area contributed by atoms with Gasteiger partial charge in [-0.05, 0) is 68.4 Å². The first-order valence-corrected chi connectivity index (χ1v) is 10.6. The molecule has 0 N–H and O–H groups in total. The zero-order valence-electron chi connectivity index (χ0n) is 18.3. The molecule has 1 aliphatic carbocycles. The highest BCUT2D eigenvalue weighted by atomic mass is 79.9. The van der Waals surface area contributed by atoms with E-state index in [1.165, 1.54) is 16.7 Å². The molecule has 1 aromatic heterocycles. The summed E-state index contributed by atoms with van der Waals surface area (Å²) in [6.45, 7) is 6.48. The lowest BCUT2D eigenvalue weighted by molar-refractivity contribution is -0.688. The molecule has 4 rings (SSSR count). The first-order chi connectivity index (χ1) is 14.4. The topological polar surface area (TPSA) is 38.0 Å². The Bertz CT molecular complexity index is 1120. The molecule has 0 fully saturated rings. The first-order valence-electron chi connectivity index (χ1n) is 10.6. The zero-order valence-corrected chi connectivity index (χ0v) is 19.9. The second-order valence-corrected chi connectivity index (χ2v) is 8.50. The van der Waals surface area contributed by atoms with E-state index in [1.807, 2.05) is 47.3 Å². The molecular weight excluding hydrogens is 450 g/mol. The van der Waals surface area contributed by atoms with Crippen LogP contribution in [0.15, 0.2) is 60.9 Å². The third kappa shape index (κ3) is 5.01. The monoisotopic (exact) mass is 477 g/mol. The average Bonchev–Trinajstić information content (AvgIpc) is 2.73. The predicted octanol–water partition coefficient (Wildman–Crippen LogP) is 1.83. The van der Waals surface area contributed by atoms with Gasteiger partial charge in [0.1, 0.15) is 0 Å². The van der Waals surface area contributed by atoms with Gasteiger partial charge in [-0.1, -0.05) is 36.4 Å². The van der Waals surface area contributed by atoms with Crippen LogP contribution in [0.25, 0.3) is 0 Å². The van der Waals surface area contributed by atoms with Crippen LogP contribution < -0.4 is 21.5 Å². The van der Waals surface area contributed by atoms with Crippen molar-refractivity contribution in [2.75, 3.05) is 0 Å². The molecule has 0 radical (unpaired) electrons. The number of halogens is 1. The quantitative estimate of drug-likeness (QED) is 0.415. The lowest BCUT2D eigenvalue weighted by Gasteiger charge is -2.25. The van der Waals surface area contributed by atoms with E-state index in [0.29, 0.717) is 12.0 Å². The molecule has 0 bridgehead atoms. The summed E-state index contributed by atoms with van der Waals surface area (Å²) in [5, 5.41) is 0. The van der Waals surface area contributed by atoms with E-state index in [-0.39, 0.29) is 34.5 Å². The van der Waals surface area contributed by atoms with Crippen LogP contribution in [0.1, 0.15) is 61.9 Å². The number of nitrogens with zero attached hydrogens (tertiary/aromatic N) is 1. The molecule has 0 saturated heterocycles. The zero-order chi connectivity index (χ0) is 21.3. The maximum atomic E-state index is 13.2. The molecule has 1 aliphatic rings. The van der Waals surface area contributed by atoms with Crippen molar-refractivity contribution in [1.29, 1.82) is 0 Å². The lowest BCUT2D eigenvalue weighted by atomic mass is 9.78. The lowest BCUT2D eigenvalue weighted by Crippen LogP contribution is -3.00. The van der Waals surface area contributed by atoms with E-state index in [0.717, 1.165) is 36.1 Å². The summed E-state index contributed by atoms with van der Waals surface area (Å²) in [5.74, 6) is 0.195. The van der Waals surface area contributed by atoms with E-state index in [2.05, 4.69) is 32.0 Å². The fraction of sp³-hybridized carbons (Fsp3) is 0.296. The minimum atomic E-state index is -0.0670. The van der Waals surface area contributed by atoms with Gasteiger partial charge in [-0.3, -0.25) is 9.59 Å². The minimum Gasteiger partial charge on any atom is -1.00 e. The molecule has 3 nitrogen and oxygen atoms in total. The molecular formula is C27H28BrNO2. The highest BCUT2D eigenvalue weighted by Crippen LogP contribution is 2.30. The summed E-state index contributed by atoms with van der Waals surface area (Å²) in [6, 6.07) is 16.4. The van der Waals surface area contributed by atoms with Gasteiger partial charge in [0.2, 0.25) is 0 Å². The number of Topliss-reactive ketones (excluding diaryl/α,β-unsaturated/α-hetero) is 2. The molecule has 1 unspecified atom stereocenters. The highest BCUT2D eigenvalue weighted by molar-refractivity contribution is 6.01. The largest absolute Gasteiger partial charge is 1.00 e. The number of carbonyl (C=O) groups excluding carboxylic acids is 2. The number of fused-ring (bicyclic) bond motifs is 1. The van der Waals surface area contributed by atoms with Crippen LogP contribution in [0, 0.1) is 19.8 Å². The normalized spacial score (nSPS) is 15.2. The highest BCUT2D eigenvalue weighted by Gasteiger charge is 2.29. The Labute approximate surface area is 194 Å². The Morgan fingerprint density at radius 2 is 1.77 bits per heavy atom. The van der Waals surface area contributed by atoms with Gasteiger partial charge in [0.15, 0.2) is 30.5 Å². The molecule has 0 amide bonds. The molecule has 0 aliphatic heterocycles. The maximum Gasteiger partial charge on any atom is 0.180 e. The summed E-state index contributed by atoms with van der Waals surface area (Å²) in [7, 11) is 0. The molecule has 0 saturated carbocycles. The predicted molar refractivity (Wildman–Crippen MR) is 118 cm³/mol. The molecule has 2 aromatic carbocycles. The van der Waals surface area contributed by atoms with E-state index >= 15 is 0 Å². The number of ketones is 2. The molecule has 31 heavy (non-hydrogen) atoms. The van der Waals surface area contributed by atoms with Gasteiger partial charge in [0.25, 0.3) is 0 Å². The number of hydrogen-bond donors (Lipinski definition) is 0. The van der Waals surface area contributed by atoms with Gasteiger partial charge in [-0.2, -0.15) is 0 Å². The Kier molecular flexibility index (Phi) is 7.22. The van der Waals surface area contributed by atoms with Crippen molar-refractivity contribution in [3.8, 4) is 0 Å². The van der Waals surface area contributed by atoms with Crippen molar-refractivity contribution >= 4 is 11.6 Å². The van der Waals surface area contributed by atoms with Gasteiger partial charge in [-0.15, -0.1) is 0 Å². The summed E-state index contributed by atoms with van der Waals surface area (Å²) in [5.41, 5.74) is 7.31. The molecule has 1 atom stereocenters. The van der Waals surface area contributed by atoms with Crippen LogP contribution >= 0.6 is 0 Å². The molecule has 3 aromatic rings. The molecule has 4 heteroatoms. The molecule has 0 spiro atoms. The van der Waals surface area contributed by atoms with Crippen molar-refractivity contribution in [1.82, 2.24) is 0 Å². The average molecular weight is 478 g/mol. The second kappa shape index (κ2) is 9.69. The van der Waals surface area contributed by atoms with Crippen LogP contribution in [-0.4, -0.2) is 11.6 Å². The van der Waals surface area contributed by atoms with Crippen molar-refractivity contribution in [2.24, 2.45) is 5.92 Å². The number of rotatable bonds is 5. The summed E-state index contributed by atoms with van der Waals surface area (Å²) in [6.07, 6.45) is 6.32. The molecule has 1 heterocycles. The Morgan fingerprint density at radius 1 is 1.06 bits per heavy atom. The Hall–Kier alpha value is -2.59. The number of benzene rings is 2. The third-order valence-electron chi connectivity index (χ3n) is 6.28. The van der Waals surface area contributed by atoms with Crippen LogP contribution in [-0.2, 0) is 19.4 Å². The van der Waals surface area contributed by atoms with Gasteiger partial charge in [0.05, 0.1) is 5.56 Å². The molecule has 160 valence electrons. The smallest absolute Gasteiger partial charge is 0.180 e. The van der Waals surface area contributed by atoms with Gasteiger partial charge < -0.3 is 17.0 Å². The van der Waals surface area contributed by atoms with Crippen LogP contribution in [0.5, 0.6) is 0 Å². The number of aromatic nitrogens is 1. The summed E-state index contributed by atoms with van der Waals surface area (Å²) < 4.78 is 2.04. The number of hydrogen-bond acceptors (Lipinski definition) is 2. The van der Waals surface area contributed by atoms with Gasteiger partial charge >= 0.3 is 0 Å². The van der Waals surface area contributed by atoms with Gasteiger partial charge in [0, 0.05) is 23.1 Å². The fourth-order valence-electron chi connectivity index (χ4n) is 4.41. The summed E-state index contributed by atoms with van der Waals surface area (Å²) >= 11 is 0. The van der Waals surface area contributed by atoms with Crippen LogP contribution in [0.4, 0.5) is 0 Å². The van der Waals surface area contributed by atoms with Gasteiger partial charge in [-0.25, -0.2) is 4.57 Å². The maximum absolute atomic E-state index is 13.2. The second-order valence-electron chi connectivity index (χ2n) is 8.50. The van der Waals surface area contributed by atoms with Crippen molar-refractivity contribution in [3.05, 3.63) is 99.9 Å². The third-order valence-corrected chi connectivity index (χ3v) is 6.28. The number of pyridine rings is 1. The van der Waals surface area contributed by atoms with E-state index in [1.54, 1.807) is 6.92 Å². The Morgan fingerprint density at radius 3 is 2.48 bits per heavy atom. The van der Waals surface area contributed by atoms with Crippen molar-refractivity contribution in [2.45, 2.75) is 46.6 Å². The van der Waals surface area contributed by atoms with E-state index in [9.17, 15) is 9.59 Å². The van der Waals surface area contributed by atoms with Crippen LogP contribution in [0.3, 0.4) is 0 Å². The van der Waals surface area contributed by atoms with Crippen molar-refractivity contribution in [3.63, 3.8) is 0 Å². The fourth-order valence-corrected chi connectivity index (χ4v) is 4.41. The minimum absolute atomic E-state index is 0. The summed E-state index contributed by atoms with van der Waals surface area (Å²) in [4.78, 5) is 25.6. The Balaban J connectivity index is 0.00000272. The number of aryl methyl sites for hydroxylation is 3. The van der Waals surface area contributed by atoms with E-state index in [4.69, 9.17) is 0 Å². The van der Waals surface area contributed by atoms with Crippen LogP contribution in [0.2, 0.25) is 0 Å². The standard InChI is InChI=1S/C27H28NO2.BrH/c1-18-13-22-9-10-24(27(30)25(22)14-19(18)2)15-23-11-12-28(17-26(23)20(3)29)16-21-7-5-4-6-8-21;/h4-8,11-14,17,24H,9-10,15-16H2,1-3H3;1H/q+1;/p-1.